The van der Waals surface area contributed by atoms with E-state index in [-0.39, 0.29) is 18.3 Å². The number of ether oxygens (including phenoxy) is 3. The first-order valence-electron chi connectivity index (χ1n) is 9.54. The molecule has 6 nitrogen and oxygen atoms in total. The smallest absolute Gasteiger partial charge is 0.262 e. The molecule has 0 aliphatic heterocycles. The Morgan fingerprint density at radius 3 is 2.20 bits per heavy atom. The monoisotopic (exact) mass is 405 g/mol. The van der Waals surface area contributed by atoms with Gasteiger partial charge in [0, 0.05) is 22.9 Å². The molecule has 0 atom stereocenters. The highest BCUT2D eigenvalue weighted by atomic mass is 16.5. The van der Waals surface area contributed by atoms with Gasteiger partial charge in [0.2, 0.25) is 0 Å². The predicted octanol–water partition coefficient (Wildman–Crippen LogP) is 4.34. The van der Waals surface area contributed by atoms with E-state index in [9.17, 15) is 9.59 Å². The van der Waals surface area contributed by atoms with E-state index < -0.39 is 0 Å². The maximum atomic E-state index is 12.4. The summed E-state index contributed by atoms with van der Waals surface area (Å²) in [5, 5.41) is 2.75. The van der Waals surface area contributed by atoms with Crippen LogP contribution in [0.4, 0.5) is 5.69 Å². The summed E-state index contributed by atoms with van der Waals surface area (Å²) >= 11 is 0. The van der Waals surface area contributed by atoms with Gasteiger partial charge in [-0.1, -0.05) is 30.3 Å². The largest absolute Gasteiger partial charge is 0.493 e. The van der Waals surface area contributed by atoms with E-state index in [0.717, 1.165) is 0 Å². The molecule has 0 unspecified atom stereocenters. The maximum absolute atomic E-state index is 12.4. The fourth-order valence-electron chi connectivity index (χ4n) is 2.82. The summed E-state index contributed by atoms with van der Waals surface area (Å²) in [5.41, 5.74) is 1.75. The fraction of sp³-hybridized carbons (Fsp3) is 0.167. The van der Waals surface area contributed by atoms with Crippen molar-refractivity contribution in [2.75, 3.05) is 25.6 Å². The molecule has 6 heteroatoms. The number of ketones is 1. The molecule has 0 spiro atoms. The molecule has 30 heavy (non-hydrogen) atoms. The third-order valence-electron chi connectivity index (χ3n) is 4.27. The minimum atomic E-state index is -0.314. The van der Waals surface area contributed by atoms with Gasteiger partial charge in [-0.15, -0.1) is 0 Å². The van der Waals surface area contributed by atoms with Crippen molar-refractivity contribution >= 4 is 17.4 Å². The Balaban J connectivity index is 1.55. The lowest BCUT2D eigenvalue weighted by Crippen LogP contribution is -2.20. The van der Waals surface area contributed by atoms with Crippen molar-refractivity contribution in [3.63, 3.8) is 0 Å². The SMILES string of the molecule is CCOc1ccc(NC(=O)COc2ccc(C(=O)c3ccccc3)cc2)cc1OC. The molecule has 3 aromatic rings. The van der Waals surface area contributed by atoms with Gasteiger partial charge in [0.1, 0.15) is 5.75 Å². The van der Waals surface area contributed by atoms with Gasteiger partial charge < -0.3 is 19.5 Å². The van der Waals surface area contributed by atoms with Crippen molar-refractivity contribution in [2.45, 2.75) is 6.92 Å². The van der Waals surface area contributed by atoms with Crippen LogP contribution in [0.3, 0.4) is 0 Å². The number of carbonyl (C=O) groups excluding carboxylic acids is 2. The van der Waals surface area contributed by atoms with Gasteiger partial charge in [-0.2, -0.15) is 0 Å². The van der Waals surface area contributed by atoms with Gasteiger partial charge >= 0.3 is 0 Å². The summed E-state index contributed by atoms with van der Waals surface area (Å²) in [6.45, 7) is 2.24. The molecule has 0 heterocycles. The summed E-state index contributed by atoms with van der Waals surface area (Å²) in [4.78, 5) is 24.6. The van der Waals surface area contributed by atoms with E-state index in [4.69, 9.17) is 14.2 Å². The summed E-state index contributed by atoms with van der Waals surface area (Å²) in [6.07, 6.45) is 0. The van der Waals surface area contributed by atoms with E-state index in [1.165, 1.54) is 0 Å². The minimum Gasteiger partial charge on any atom is -0.493 e. The summed E-state index contributed by atoms with van der Waals surface area (Å²) < 4.78 is 16.3. The standard InChI is InChI=1S/C24H23NO5/c1-3-29-21-14-11-19(15-22(21)28-2)25-23(26)16-30-20-12-9-18(10-13-20)24(27)17-7-5-4-6-8-17/h4-15H,3,16H2,1-2H3,(H,25,26). The average molecular weight is 405 g/mol. The number of carbonyl (C=O) groups is 2. The number of hydrogen-bond acceptors (Lipinski definition) is 5. The van der Waals surface area contributed by atoms with E-state index in [1.807, 2.05) is 25.1 Å². The van der Waals surface area contributed by atoms with Gasteiger partial charge in [-0.05, 0) is 43.3 Å². The summed E-state index contributed by atoms with van der Waals surface area (Å²) in [6, 6.07) is 20.9. The zero-order valence-electron chi connectivity index (χ0n) is 16.9. The molecular weight excluding hydrogens is 382 g/mol. The lowest BCUT2D eigenvalue weighted by atomic mass is 10.0. The van der Waals surface area contributed by atoms with Crippen molar-refractivity contribution < 1.29 is 23.8 Å². The normalized spacial score (nSPS) is 10.2. The van der Waals surface area contributed by atoms with Gasteiger partial charge in [0.25, 0.3) is 5.91 Å². The molecule has 0 fully saturated rings. The molecule has 0 saturated heterocycles. The number of benzene rings is 3. The summed E-state index contributed by atoms with van der Waals surface area (Å²) in [7, 11) is 1.54. The zero-order chi connectivity index (χ0) is 21.3. The second kappa shape index (κ2) is 10.1. The Morgan fingerprint density at radius 2 is 1.53 bits per heavy atom. The third kappa shape index (κ3) is 5.38. The Hall–Kier alpha value is -3.80. The highest BCUT2D eigenvalue weighted by Gasteiger charge is 2.10. The number of hydrogen-bond donors (Lipinski definition) is 1. The molecule has 1 amide bonds. The van der Waals surface area contributed by atoms with Crippen molar-refractivity contribution in [1.29, 1.82) is 0 Å². The van der Waals surface area contributed by atoms with Crippen molar-refractivity contribution in [1.82, 2.24) is 0 Å². The Labute approximate surface area is 175 Å². The van der Waals surface area contributed by atoms with Crippen LogP contribution in [-0.4, -0.2) is 32.0 Å². The number of rotatable bonds is 9. The minimum absolute atomic E-state index is 0.0654. The second-order valence-corrected chi connectivity index (χ2v) is 6.36. The van der Waals surface area contributed by atoms with E-state index in [2.05, 4.69) is 5.32 Å². The van der Waals surface area contributed by atoms with Crippen LogP contribution in [0.25, 0.3) is 0 Å². The first-order chi connectivity index (χ1) is 14.6. The maximum Gasteiger partial charge on any atom is 0.262 e. The van der Waals surface area contributed by atoms with Crippen LogP contribution in [0.1, 0.15) is 22.8 Å². The highest BCUT2D eigenvalue weighted by molar-refractivity contribution is 6.09. The highest BCUT2D eigenvalue weighted by Crippen LogP contribution is 2.30. The van der Waals surface area contributed by atoms with Gasteiger partial charge in [0.15, 0.2) is 23.9 Å². The van der Waals surface area contributed by atoms with Crippen LogP contribution in [0.2, 0.25) is 0 Å². The number of amides is 1. The molecule has 3 rings (SSSR count). The molecule has 0 bridgehead atoms. The molecule has 1 N–H and O–H groups in total. The quantitative estimate of drug-likeness (QED) is 0.536. The van der Waals surface area contributed by atoms with Crippen LogP contribution < -0.4 is 19.5 Å². The number of nitrogens with one attached hydrogen (secondary N) is 1. The topological polar surface area (TPSA) is 73.9 Å². The van der Waals surface area contributed by atoms with E-state index in [1.54, 1.807) is 61.7 Å². The Bertz CT molecular complexity index is 1000. The first kappa shape index (κ1) is 20.9. The van der Waals surface area contributed by atoms with Crippen molar-refractivity contribution in [2.24, 2.45) is 0 Å². The van der Waals surface area contributed by atoms with Crippen molar-refractivity contribution in [3.8, 4) is 17.2 Å². The van der Waals surface area contributed by atoms with E-state index in [0.29, 0.717) is 40.7 Å². The molecule has 0 radical (unpaired) electrons. The molecule has 0 saturated carbocycles. The van der Waals surface area contributed by atoms with Gasteiger partial charge in [-0.25, -0.2) is 0 Å². The van der Waals surface area contributed by atoms with Crippen LogP contribution >= 0.6 is 0 Å². The third-order valence-corrected chi connectivity index (χ3v) is 4.27. The zero-order valence-corrected chi connectivity index (χ0v) is 16.9. The van der Waals surface area contributed by atoms with Gasteiger partial charge in [-0.3, -0.25) is 9.59 Å². The second-order valence-electron chi connectivity index (χ2n) is 6.36. The van der Waals surface area contributed by atoms with Crippen molar-refractivity contribution in [3.05, 3.63) is 83.9 Å². The van der Waals surface area contributed by atoms with E-state index >= 15 is 0 Å². The number of anilines is 1. The Morgan fingerprint density at radius 1 is 0.833 bits per heavy atom. The lowest BCUT2D eigenvalue weighted by molar-refractivity contribution is -0.118. The predicted molar refractivity (Wildman–Crippen MR) is 115 cm³/mol. The average Bonchev–Trinajstić information content (AvgIpc) is 2.79. The van der Waals surface area contributed by atoms with Crippen LogP contribution in [-0.2, 0) is 4.79 Å². The van der Waals surface area contributed by atoms with Crippen LogP contribution in [0, 0.1) is 0 Å². The Kier molecular flexibility index (Phi) is 7.05. The molecule has 3 aromatic carbocycles. The summed E-state index contributed by atoms with van der Waals surface area (Å²) in [5.74, 6) is 1.27. The lowest BCUT2D eigenvalue weighted by Gasteiger charge is -2.12. The first-order valence-corrected chi connectivity index (χ1v) is 9.54. The molecule has 0 aliphatic rings. The molecule has 154 valence electrons. The van der Waals surface area contributed by atoms with Crippen LogP contribution in [0.15, 0.2) is 72.8 Å². The fourth-order valence-corrected chi connectivity index (χ4v) is 2.82. The molecular formula is C24H23NO5. The van der Waals surface area contributed by atoms with Gasteiger partial charge in [0.05, 0.1) is 13.7 Å². The number of methoxy groups -OCH3 is 1. The van der Waals surface area contributed by atoms with Crippen LogP contribution in [0.5, 0.6) is 17.2 Å². The molecule has 0 aliphatic carbocycles. The molecule has 0 aromatic heterocycles.